The standard InChI is InChI=1S/C17H21N3O4S/c1-10(15(22)23)25-16-20-19-13(24-16)9-18-14(21)11-5-7-12(8-6-11)17(2,3)4/h5-8,10H,9H2,1-4H3,(H,18,21)(H,22,23)/t10-/m0/s1. The lowest BCUT2D eigenvalue weighted by Crippen LogP contribution is -2.23. The predicted molar refractivity (Wildman–Crippen MR) is 93.6 cm³/mol. The van der Waals surface area contributed by atoms with E-state index in [9.17, 15) is 9.59 Å². The van der Waals surface area contributed by atoms with Crippen LogP contribution in [-0.4, -0.2) is 32.4 Å². The number of hydrogen-bond donors (Lipinski definition) is 2. The lowest BCUT2D eigenvalue weighted by Gasteiger charge is -2.18. The van der Waals surface area contributed by atoms with E-state index in [1.807, 2.05) is 12.1 Å². The van der Waals surface area contributed by atoms with Gasteiger partial charge in [0.05, 0.1) is 6.54 Å². The maximum absolute atomic E-state index is 12.2. The fourth-order valence-electron chi connectivity index (χ4n) is 1.94. The van der Waals surface area contributed by atoms with Crippen LogP contribution in [0.2, 0.25) is 0 Å². The fraction of sp³-hybridized carbons (Fsp3) is 0.412. The zero-order valence-corrected chi connectivity index (χ0v) is 15.4. The van der Waals surface area contributed by atoms with Crippen molar-refractivity contribution in [2.24, 2.45) is 0 Å². The van der Waals surface area contributed by atoms with Crippen molar-refractivity contribution in [1.82, 2.24) is 15.5 Å². The van der Waals surface area contributed by atoms with Gasteiger partial charge in [0.1, 0.15) is 5.25 Å². The van der Waals surface area contributed by atoms with E-state index < -0.39 is 11.2 Å². The van der Waals surface area contributed by atoms with Gasteiger partial charge in [-0.1, -0.05) is 44.7 Å². The van der Waals surface area contributed by atoms with Crippen LogP contribution in [0, 0.1) is 0 Å². The van der Waals surface area contributed by atoms with Gasteiger partial charge in [-0.25, -0.2) is 0 Å². The summed E-state index contributed by atoms with van der Waals surface area (Å²) in [5.74, 6) is -0.983. The summed E-state index contributed by atoms with van der Waals surface area (Å²) in [6.07, 6.45) is 0. The summed E-state index contributed by atoms with van der Waals surface area (Å²) in [6.45, 7) is 7.93. The molecule has 0 saturated carbocycles. The second-order valence-electron chi connectivity index (χ2n) is 6.57. The number of hydrogen-bond acceptors (Lipinski definition) is 6. The van der Waals surface area contributed by atoms with E-state index in [4.69, 9.17) is 9.52 Å². The maximum Gasteiger partial charge on any atom is 0.316 e. The van der Waals surface area contributed by atoms with Gasteiger partial charge in [0.15, 0.2) is 0 Å². The Labute approximate surface area is 150 Å². The number of carbonyl (C=O) groups excluding carboxylic acids is 1. The van der Waals surface area contributed by atoms with Crippen LogP contribution >= 0.6 is 11.8 Å². The van der Waals surface area contributed by atoms with Crippen LogP contribution in [0.3, 0.4) is 0 Å². The van der Waals surface area contributed by atoms with Gasteiger partial charge in [0.2, 0.25) is 5.89 Å². The molecule has 1 amide bonds. The molecule has 1 heterocycles. The van der Waals surface area contributed by atoms with Crippen molar-refractivity contribution < 1.29 is 19.1 Å². The number of aliphatic carboxylic acids is 1. The average Bonchev–Trinajstić information content (AvgIpc) is 2.99. The minimum absolute atomic E-state index is 0.0277. The molecule has 7 nitrogen and oxygen atoms in total. The van der Waals surface area contributed by atoms with Gasteiger partial charge in [0.25, 0.3) is 11.1 Å². The maximum atomic E-state index is 12.2. The molecule has 0 saturated heterocycles. The number of rotatable bonds is 6. The number of nitrogens with one attached hydrogen (secondary N) is 1. The SMILES string of the molecule is C[C@H](Sc1nnc(CNC(=O)c2ccc(C(C)(C)C)cc2)o1)C(=O)O. The summed E-state index contributed by atoms with van der Waals surface area (Å²) in [4.78, 5) is 23.0. The molecule has 1 aromatic heterocycles. The molecule has 0 bridgehead atoms. The van der Waals surface area contributed by atoms with Gasteiger partial charge < -0.3 is 14.8 Å². The Morgan fingerprint density at radius 2 is 1.88 bits per heavy atom. The fourth-order valence-corrected chi connectivity index (χ4v) is 2.57. The summed E-state index contributed by atoms with van der Waals surface area (Å²) < 4.78 is 5.32. The van der Waals surface area contributed by atoms with Gasteiger partial charge >= 0.3 is 5.97 Å². The number of aromatic nitrogens is 2. The van der Waals surface area contributed by atoms with E-state index in [1.54, 1.807) is 12.1 Å². The summed E-state index contributed by atoms with van der Waals surface area (Å²) in [5, 5.41) is 18.6. The van der Waals surface area contributed by atoms with Crippen LogP contribution in [0.15, 0.2) is 33.9 Å². The highest BCUT2D eigenvalue weighted by Crippen LogP contribution is 2.23. The number of amides is 1. The first-order chi connectivity index (χ1) is 11.7. The third-order valence-electron chi connectivity index (χ3n) is 3.49. The van der Waals surface area contributed by atoms with E-state index >= 15 is 0 Å². The van der Waals surface area contributed by atoms with E-state index in [2.05, 4.69) is 36.3 Å². The van der Waals surface area contributed by atoms with Crippen LogP contribution in [0.25, 0.3) is 0 Å². The topological polar surface area (TPSA) is 105 Å². The second-order valence-corrected chi connectivity index (χ2v) is 7.86. The van der Waals surface area contributed by atoms with Crippen LogP contribution in [0.1, 0.15) is 49.5 Å². The Hall–Kier alpha value is -2.35. The largest absolute Gasteiger partial charge is 0.480 e. The molecule has 134 valence electrons. The minimum Gasteiger partial charge on any atom is -0.480 e. The van der Waals surface area contributed by atoms with E-state index in [0.29, 0.717) is 5.56 Å². The zero-order valence-electron chi connectivity index (χ0n) is 14.6. The second kappa shape index (κ2) is 7.69. The summed E-state index contributed by atoms with van der Waals surface area (Å²) in [7, 11) is 0. The van der Waals surface area contributed by atoms with E-state index in [-0.39, 0.29) is 29.0 Å². The molecule has 0 aliphatic rings. The highest BCUT2D eigenvalue weighted by Gasteiger charge is 2.18. The predicted octanol–water partition coefficient (Wildman–Crippen LogP) is 2.86. The molecule has 0 aliphatic heterocycles. The third-order valence-corrected chi connectivity index (χ3v) is 4.41. The van der Waals surface area contributed by atoms with Gasteiger partial charge in [-0.3, -0.25) is 9.59 Å². The van der Waals surface area contributed by atoms with Gasteiger partial charge in [-0.15, -0.1) is 10.2 Å². The van der Waals surface area contributed by atoms with Crippen molar-refractivity contribution in [1.29, 1.82) is 0 Å². The first-order valence-electron chi connectivity index (χ1n) is 7.77. The lowest BCUT2D eigenvalue weighted by molar-refractivity contribution is -0.136. The van der Waals surface area contributed by atoms with Crippen molar-refractivity contribution in [3.05, 3.63) is 41.3 Å². The first kappa shape index (κ1) is 19.0. The average molecular weight is 363 g/mol. The van der Waals surface area contributed by atoms with Crippen molar-refractivity contribution in [3.8, 4) is 0 Å². The summed E-state index contributed by atoms with van der Waals surface area (Å²) in [6, 6.07) is 7.42. The van der Waals surface area contributed by atoms with Crippen LogP contribution in [-0.2, 0) is 16.8 Å². The molecule has 2 aromatic rings. The molecule has 8 heteroatoms. The van der Waals surface area contributed by atoms with Crippen LogP contribution in [0.5, 0.6) is 0 Å². The Kier molecular flexibility index (Phi) is 5.84. The van der Waals surface area contributed by atoms with Gasteiger partial charge in [-0.2, -0.15) is 0 Å². The molecule has 1 aromatic carbocycles. The lowest BCUT2D eigenvalue weighted by atomic mass is 9.87. The zero-order chi connectivity index (χ0) is 18.6. The molecule has 1 atom stereocenters. The molecular weight excluding hydrogens is 342 g/mol. The Balaban J connectivity index is 1.92. The third kappa shape index (κ3) is 5.32. The van der Waals surface area contributed by atoms with Crippen molar-refractivity contribution >= 4 is 23.6 Å². The number of carbonyl (C=O) groups is 2. The number of nitrogens with zero attached hydrogens (tertiary/aromatic N) is 2. The monoisotopic (exact) mass is 363 g/mol. The van der Waals surface area contributed by atoms with Crippen LogP contribution in [0.4, 0.5) is 0 Å². The van der Waals surface area contributed by atoms with E-state index in [1.165, 1.54) is 6.92 Å². The van der Waals surface area contributed by atoms with E-state index in [0.717, 1.165) is 17.3 Å². The quantitative estimate of drug-likeness (QED) is 0.760. The number of thioether (sulfide) groups is 1. The Morgan fingerprint density at radius 3 is 2.44 bits per heavy atom. The first-order valence-corrected chi connectivity index (χ1v) is 8.65. The van der Waals surface area contributed by atoms with Gasteiger partial charge in [-0.05, 0) is 30.0 Å². The molecule has 2 rings (SSSR count). The Bertz CT molecular complexity index is 750. The number of benzene rings is 1. The number of carboxylic acids is 1. The summed E-state index contributed by atoms with van der Waals surface area (Å²) in [5.41, 5.74) is 1.72. The molecule has 0 fully saturated rings. The van der Waals surface area contributed by atoms with Crippen molar-refractivity contribution in [3.63, 3.8) is 0 Å². The Morgan fingerprint density at radius 1 is 1.24 bits per heavy atom. The van der Waals surface area contributed by atoms with Crippen LogP contribution < -0.4 is 5.32 Å². The molecule has 25 heavy (non-hydrogen) atoms. The van der Waals surface area contributed by atoms with Crippen molar-refractivity contribution in [2.45, 2.75) is 50.1 Å². The molecule has 2 N–H and O–H groups in total. The minimum atomic E-state index is -0.961. The molecule has 0 spiro atoms. The molecule has 0 radical (unpaired) electrons. The molecular formula is C17H21N3O4S. The van der Waals surface area contributed by atoms with Gasteiger partial charge in [0, 0.05) is 5.56 Å². The molecule has 0 unspecified atom stereocenters. The molecule has 0 aliphatic carbocycles. The number of carboxylic acid groups (broad SMARTS) is 1. The van der Waals surface area contributed by atoms with Crippen molar-refractivity contribution in [2.75, 3.05) is 0 Å². The summed E-state index contributed by atoms with van der Waals surface area (Å²) >= 11 is 0.954. The smallest absolute Gasteiger partial charge is 0.316 e. The highest BCUT2D eigenvalue weighted by molar-refractivity contribution is 8.00. The normalized spacial score (nSPS) is 12.6. The highest BCUT2D eigenvalue weighted by atomic mass is 32.2.